The molecule has 0 saturated carbocycles. The van der Waals surface area contributed by atoms with Gasteiger partial charge in [-0.2, -0.15) is 4.31 Å². The molecule has 0 aromatic heterocycles. The van der Waals surface area contributed by atoms with Crippen molar-refractivity contribution in [3.63, 3.8) is 0 Å². The number of benzene rings is 2. The van der Waals surface area contributed by atoms with Crippen molar-refractivity contribution in [2.45, 2.75) is 11.8 Å². The predicted octanol–water partition coefficient (Wildman–Crippen LogP) is 2.36. The smallest absolute Gasteiger partial charge is 0.259 e. The van der Waals surface area contributed by atoms with E-state index >= 15 is 0 Å². The Morgan fingerprint density at radius 2 is 1.89 bits per heavy atom. The highest BCUT2D eigenvalue weighted by molar-refractivity contribution is 7.89. The molecular weight excluding hydrogens is 368 g/mol. The predicted molar refractivity (Wildman–Crippen MR) is 102 cm³/mol. The van der Waals surface area contributed by atoms with Gasteiger partial charge in [0.1, 0.15) is 5.75 Å². The molecule has 1 saturated heterocycles. The largest absolute Gasteiger partial charge is 0.493 e. The number of nitrogens with one attached hydrogen (secondary N) is 1. The Kier molecular flexibility index (Phi) is 6.10. The van der Waals surface area contributed by atoms with Crippen molar-refractivity contribution in [3.05, 3.63) is 54.1 Å². The van der Waals surface area contributed by atoms with Gasteiger partial charge in [-0.05, 0) is 37.3 Å². The van der Waals surface area contributed by atoms with Crippen molar-refractivity contribution in [2.75, 3.05) is 38.2 Å². The summed E-state index contributed by atoms with van der Waals surface area (Å²) >= 11 is 0. The molecule has 1 fully saturated rings. The van der Waals surface area contributed by atoms with Gasteiger partial charge in [0.15, 0.2) is 0 Å². The van der Waals surface area contributed by atoms with E-state index in [1.807, 2.05) is 6.92 Å². The summed E-state index contributed by atoms with van der Waals surface area (Å²) in [6.45, 7) is 3.68. The summed E-state index contributed by atoms with van der Waals surface area (Å²) in [5, 5.41) is 2.75. The van der Waals surface area contributed by atoms with E-state index in [-0.39, 0.29) is 10.8 Å². The summed E-state index contributed by atoms with van der Waals surface area (Å²) in [5.41, 5.74) is 0.793. The minimum Gasteiger partial charge on any atom is -0.493 e. The number of hydrogen-bond donors (Lipinski definition) is 1. The van der Waals surface area contributed by atoms with Gasteiger partial charge >= 0.3 is 0 Å². The first kappa shape index (κ1) is 19.3. The molecule has 27 heavy (non-hydrogen) atoms. The van der Waals surface area contributed by atoms with Crippen LogP contribution in [0.25, 0.3) is 0 Å². The van der Waals surface area contributed by atoms with Crippen LogP contribution in [0.3, 0.4) is 0 Å². The van der Waals surface area contributed by atoms with Crippen LogP contribution >= 0.6 is 0 Å². The Hall–Kier alpha value is -2.42. The Morgan fingerprint density at radius 1 is 1.15 bits per heavy atom. The third-order valence-corrected chi connectivity index (χ3v) is 6.03. The molecule has 1 aliphatic heterocycles. The molecule has 3 rings (SSSR count). The average molecular weight is 390 g/mol. The van der Waals surface area contributed by atoms with E-state index in [2.05, 4.69) is 5.32 Å². The third kappa shape index (κ3) is 4.47. The van der Waals surface area contributed by atoms with Crippen LogP contribution in [0.4, 0.5) is 5.69 Å². The van der Waals surface area contributed by atoms with Crippen molar-refractivity contribution in [3.8, 4) is 5.75 Å². The number of sulfonamides is 1. The Balaban J connectivity index is 1.81. The summed E-state index contributed by atoms with van der Waals surface area (Å²) in [7, 11) is -3.62. The van der Waals surface area contributed by atoms with E-state index < -0.39 is 10.0 Å². The Labute approximate surface area is 158 Å². The first-order chi connectivity index (χ1) is 13.0. The molecule has 2 aromatic carbocycles. The minimum atomic E-state index is -3.62. The van der Waals surface area contributed by atoms with E-state index in [0.29, 0.717) is 49.9 Å². The summed E-state index contributed by atoms with van der Waals surface area (Å²) in [6.07, 6.45) is 0. The highest BCUT2D eigenvalue weighted by Gasteiger charge is 2.26. The maximum Gasteiger partial charge on any atom is 0.259 e. The minimum absolute atomic E-state index is 0.139. The van der Waals surface area contributed by atoms with E-state index in [9.17, 15) is 13.2 Å². The van der Waals surface area contributed by atoms with Crippen molar-refractivity contribution in [1.29, 1.82) is 0 Å². The number of ether oxygens (including phenoxy) is 2. The molecule has 144 valence electrons. The van der Waals surface area contributed by atoms with Crippen LogP contribution in [-0.4, -0.2) is 51.5 Å². The molecule has 0 aliphatic carbocycles. The molecule has 0 unspecified atom stereocenters. The van der Waals surface area contributed by atoms with Gasteiger partial charge in [0.25, 0.3) is 5.91 Å². The van der Waals surface area contributed by atoms with Crippen LogP contribution in [0.1, 0.15) is 17.3 Å². The second-order valence-corrected chi connectivity index (χ2v) is 7.87. The molecule has 1 aliphatic rings. The van der Waals surface area contributed by atoms with Gasteiger partial charge in [-0.3, -0.25) is 4.79 Å². The topological polar surface area (TPSA) is 84.9 Å². The standard InChI is InChI=1S/C19H22N2O5S/c1-2-26-18-9-4-3-8-17(18)19(22)20-15-6-5-7-16(14-15)27(23,24)21-10-12-25-13-11-21/h3-9,14H,2,10-13H2,1H3,(H,20,22). The van der Waals surface area contributed by atoms with Gasteiger partial charge in [0, 0.05) is 18.8 Å². The zero-order chi connectivity index (χ0) is 19.3. The lowest BCUT2D eigenvalue weighted by Crippen LogP contribution is -2.40. The number of carbonyl (C=O) groups excluding carboxylic acids is 1. The molecule has 1 N–H and O–H groups in total. The molecule has 1 heterocycles. The monoisotopic (exact) mass is 390 g/mol. The number of carbonyl (C=O) groups is 1. The van der Waals surface area contributed by atoms with Crippen LogP contribution < -0.4 is 10.1 Å². The van der Waals surface area contributed by atoms with Crippen LogP contribution in [0.15, 0.2) is 53.4 Å². The first-order valence-corrected chi connectivity index (χ1v) is 10.2. The second-order valence-electron chi connectivity index (χ2n) is 5.93. The van der Waals surface area contributed by atoms with E-state index in [1.165, 1.54) is 16.4 Å². The number of rotatable bonds is 6. The van der Waals surface area contributed by atoms with Gasteiger partial charge in [0.2, 0.25) is 10.0 Å². The lowest BCUT2D eigenvalue weighted by Gasteiger charge is -2.26. The lowest BCUT2D eigenvalue weighted by atomic mass is 10.2. The normalized spacial score (nSPS) is 15.3. The number of para-hydroxylation sites is 1. The molecule has 0 spiro atoms. The molecule has 8 heteroatoms. The van der Waals surface area contributed by atoms with Crippen molar-refractivity contribution in [2.24, 2.45) is 0 Å². The van der Waals surface area contributed by atoms with E-state index in [1.54, 1.807) is 36.4 Å². The average Bonchev–Trinajstić information content (AvgIpc) is 2.69. The lowest BCUT2D eigenvalue weighted by molar-refractivity contribution is 0.0730. The van der Waals surface area contributed by atoms with Crippen molar-refractivity contribution >= 4 is 21.6 Å². The number of nitrogens with zero attached hydrogens (tertiary/aromatic N) is 1. The van der Waals surface area contributed by atoms with Crippen LogP contribution in [0.2, 0.25) is 0 Å². The fraction of sp³-hybridized carbons (Fsp3) is 0.316. The summed E-state index contributed by atoms with van der Waals surface area (Å²) in [4.78, 5) is 12.7. The number of anilines is 1. The van der Waals surface area contributed by atoms with Crippen LogP contribution in [0, 0.1) is 0 Å². The molecule has 7 nitrogen and oxygen atoms in total. The van der Waals surface area contributed by atoms with Gasteiger partial charge in [-0.25, -0.2) is 8.42 Å². The molecule has 0 bridgehead atoms. The highest BCUT2D eigenvalue weighted by Crippen LogP contribution is 2.23. The fourth-order valence-corrected chi connectivity index (χ4v) is 4.26. The molecular formula is C19H22N2O5S. The highest BCUT2D eigenvalue weighted by atomic mass is 32.2. The Bertz CT molecular complexity index is 908. The SMILES string of the molecule is CCOc1ccccc1C(=O)Nc1cccc(S(=O)(=O)N2CCOCC2)c1. The zero-order valence-electron chi connectivity index (χ0n) is 15.1. The van der Waals surface area contributed by atoms with Gasteiger partial charge < -0.3 is 14.8 Å². The zero-order valence-corrected chi connectivity index (χ0v) is 15.9. The van der Waals surface area contributed by atoms with Gasteiger partial charge in [-0.15, -0.1) is 0 Å². The van der Waals surface area contributed by atoms with E-state index in [4.69, 9.17) is 9.47 Å². The molecule has 0 radical (unpaired) electrons. The number of morpholine rings is 1. The van der Waals surface area contributed by atoms with Crippen LogP contribution in [-0.2, 0) is 14.8 Å². The van der Waals surface area contributed by atoms with Crippen LogP contribution in [0.5, 0.6) is 5.75 Å². The quantitative estimate of drug-likeness (QED) is 0.818. The second kappa shape index (κ2) is 8.51. The molecule has 0 atom stereocenters. The maximum atomic E-state index is 12.8. The number of amides is 1. The molecule has 1 amide bonds. The van der Waals surface area contributed by atoms with Gasteiger partial charge in [0.05, 0.1) is 30.3 Å². The Morgan fingerprint density at radius 3 is 2.63 bits per heavy atom. The van der Waals surface area contributed by atoms with Gasteiger partial charge in [-0.1, -0.05) is 18.2 Å². The molecule has 2 aromatic rings. The van der Waals surface area contributed by atoms with Crippen molar-refractivity contribution in [1.82, 2.24) is 4.31 Å². The summed E-state index contributed by atoms with van der Waals surface area (Å²) < 4.78 is 37.6. The first-order valence-electron chi connectivity index (χ1n) is 8.73. The summed E-state index contributed by atoms with van der Waals surface area (Å²) in [6, 6.07) is 13.2. The summed E-state index contributed by atoms with van der Waals surface area (Å²) in [5.74, 6) is 0.120. The van der Waals surface area contributed by atoms with Crippen molar-refractivity contribution < 1.29 is 22.7 Å². The third-order valence-electron chi connectivity index (χ3n) is 4.13. The maximum absolute atomic E-state index is 12.8. The van der Waals surface area contributed by atoms with E-state index in [0.717, 1.165) is 0 Å². The number of hydrogen-bond acceptors (Lipinski definition) is 5. The fourth-order valence-electron chi connectivity index (χ4n) is 2.80.